The number of aryl methyl sites for hydroxylation is 1. The number of rotatable bonds is 4. The number of benzene rings is 1. The summed E-state index contributed by atoms with van der Waals surface area (Å²) in [6, 6.07) is 6.32. The minimum Gasteiger partial charge on any atom is -0.381 e. The molecule has 1 aromatic rings. The molecule has 0 saturated carbocycles. The second-order valence-electron chi connectivity index (χ2n) is 4.72. The molecular formula is C14H21N3O. The lowest BCUT2D eigenvalue weighted by Gasteiger charge is -2.15. The van der Waals surface area contributed by atoms with Gasteiger partial charge in [-0.2, -0.15) is 0 Å². The number of amides is 1. The third kappa shape index (κ3) is 3.01. The first kappa shape index (κ1) is 12.9. The van der Waals surface area contributed by atoms with Gasteiger partial charge < -0.3 is 16.0 Å². The minimum atomic E-state index is -0.00492. The highest BCUT2D eigenvalue weighted by Gasteiger charge is 2.15. The van der Waals surface area contributed by atoms with Crippen LogP contribution >= 0.6 is 0 Å². The molecule has 1 heterocycles. The van der Waals surface area contributed by atoms with Gasteiger partial charge in [0.2, 0.25) is 0 Å². The van der Waals surface area contributed by atoms with E-state index in [0.717, 1.165) is 36.3 Å². The predicted molar refractivity (Wildman–Crippen MR) is 74.1 cm³/mol. The molecule has 1 amide bonds. The van der Waals surface area contributed by atoms with Crippen molar-refractivity contribution in [1.29, 1.82) is 0 Å². The van der Waals surface area contributed by atoms with Gasteiger partial charge in [-0.3, -0.25) is 4.79 Å². The largest absolute Gasteiger partial charge is 0.381 e. The van der Waals surface area contributed by atoms with Gasteiger partial charge in [0.15, 0.2) is 0 Å². The number of hydrogen-bond acceptors (Lipinski definition) is 3. The van der Waals surface area contributed by atoms with E-state index in [4.69, 9.17) is 0 Å². The van der Waals surface area contributed by atoms with Crippen molar-refractivity contribution in [2.24, 2.45) is 0 Å². The molecule has 98 valence electrons. The fourth-order valence-electron chi connectivity index (χ4n) is 2.23. The summed E-state index contributed by atoms with van der Waals surface area (Å²) in [6.45, 7) is 6.71. The Morgan fingerprint density at radius 3 is 2.94 bits per heavy atom. The Morgan fingerprint density at radius 1 is 1.50 bits per heavy atom. The molecule has 2 rings (SSSR count). The Balaban J connectivity index is 2.06. The SMILES string of the molecule is CCNC(=O)c1ccc(NC2CCNC2)c(C)c1. The molecule has 0 aliphatic carbocycles. The fourth-order valence-corrected chi connectivity index (χ4v) is 2.23. The number of carbonyl (C=O) groups is 1. The molecule has 1 unspecified atom stereocenters. The molecule has 1 fully saturated rings. The maximum absolute atomic E-state index is 11.7. The van der Waals surface area contributed by atoms with Crippen LogP contribution in [-0.2, 0) is 0 Å². The number of nitrogens with one attached hydrogen (secondary N) is 3. The topological polar surface area (TPSA) is 53.2 Å². The van der Waals surface area contributed by atoms with Gasteiger partial charge in [0.05, 0.1) is 0 Å². The minimum absolute atomic E-state index is 0.00492. The maximum Gasteiger partial charge on any atom is 0.251 e. The van der Waals surface area contributed by atoms with Crippen molar-refractivity contribution in [2.45, 2.75) is 26.3 Å². The molecule has 0 radical (unpaired) electrons. The molecule has 1 saturated heterocycles. The summed E-state index contributed by atoms with van der Waals surface area (Å²) in [5.41, 5.74) is 2.96. The fraction of sp³-hybridized carbons (Fsp3) is 0.500. The molecule has 0 spiro atoms. The molecule has 18 heavy (non-hydrogen) atoms. The lowest BCUT2D eigenvalue weighted by atomic mass is 10.1. The standard InChI is InChI=1S/C14H21N3O/c1-3-16-14(18)11-4-5-13(10(2)8-11)17-12-6-7-15-9-12/h4-5,8,12,15,17H,3,6-7,9H2,1-2H3,(H,16,18). The van der Waals surface area contributed by atoms with Gasteiger partial charge >= 0.3 is 0 Å². The summed E-state index contributed by atoms with van der Waals surface area (Å²) < 4.78 is 0. The van der Waals surface area contributed by atoms with E-state index in [0.29, 0.717) is 12.6 Å². The van der Waals surface area contributed by atoms with E-state index >= 15 is 0 Å². The highest BCUT2D eigenvalue weighted by atomic mass is 16.1. The summed E-state index contributed by atoms with van der Waals surface area (Å²) >= 11 is 0. The van der Waals surface area contributed by atoms with Crippen LogP contribution in [0.2, 0.25) is 0 Å². The highest BCUT2D eigenvalue weighted by Crippen LogP contribution is 2.18. The van der Waals surface area contributed by atoms with Gasteiger partial charge in [-0.25, -0.2) is 0 Å². The van der Waals surface area contributed by atoms with E-state index in [2.05, 4.69) is 16.0 Å². The lowest BCUT2D eigenvalue weighted by Crippen LogP contribution is -2.24. The van der Waals surface area contributed by atoms with E-state index in [-0.39, 0.29) is 5.91 Å². The van der Waals surface area contributed by atoms with Crippen LogP contribution in [0, 0.1) is 6.92 Å². The second-order valence-corrected chi connectivity index (χ2v) is 4.72. The van der Waals surface area contributed by atoms with E-state index in [1.54, 1.807) is 0 Å². The molecule has 3 N–H and O–H groups in total. The molecule has 1 aliphatic heterocycles. The molecule has 1 aliphatic rings. The Hall–Kier alpha value is -1.55. The van der Waals surface area contributed by atoms with Gasteiger partial charge in [0, 0.05) is 30.4 Å². The van der Waals surface area contributed by atoms with Crippen molar-refractivity contribution >= 4 is 11.6 Å². The van der Waals surface area contributed by atoms with Gasteiger partial charge in [0.25, 0.3) is 5.91 Å². The van der Waals surface area contributed by atoms with Crippen molar-refractivity contribution in [1.82, 2.24) is 10.6 Å². The van der Waals surface area contributed by atoms with Crippen molar-refractivity contribution in [3.63, 3.8) is 0 Å². The second kappa shape index (κ2) is 5.87. The molecule has 0 aromatic heterocycles. The van der Waals surface area contributed by atoms with Gasteiger partial charge in [-0.05, 0) is 50.6 Å². The zero-order valence-corrected chi connectivity index (χ0v) is 11.0. The van der Waals surface area contributed by atoms with E-state index in [9.17, 15) is 4.79 Å². The lowest BCUT2D eigenvalue weighted by molar-refractivity contribution is 0.0956. The zero-order valence-electron chi connectivity index (χ0n) is 11.0. The third-order valence-corrected chi connectivity index (χ3v) is 3.25. The van der Waals surface area contributed by atoms with Crippen LogP contribution in [0.1, 0.15) is 29.3 Å². The van der Waals surface area contributed by atoms with Crippen LogP contribution in [0.4, 0.5) is 5.69 Å². The summed E-state index contributed by atoms with van der Waals surface area (Å²) in [5.74, 6) is -0.00492. The quantitative estimate of drug-likeness (QED) is 0.756. The van der Waals surface area contributed by atoms with Crippen molar-refractivity contribution in [3.05, 3.63) is 29.3 Å². The van der Waals surface area contributed by atoms with Crippen LogP contribution in [0.25, 0.3) is 0 Å². The molecule has 4 nitrogen and oxygen atoms in total. The summed E-state index contributed by atoms with van der Waals surface area (Å²) in [5, 5.41) is 9.66. The molecule has 1 aromatic carbocycles. The number of carbonyl (C=O) groups excluding carboxylic acids is 1. The van der Waals surface area contributed by atoms with Gasteiger partial charge in [0.1, 0.15) is 0 Å². The zero-order chi connectivity index (χ0) is 13.0. The van der Waals surface area contributed by atoms with Crippen LogP contribution in [0.15, 0.2) is 18.2 Å². The molecule has 4 heteroatoms. The van der Waals surface area contributed by atoms with Crippen LogP contribution in [0.5, 0.6) is 0 Å². The molecule has 1 atom stereocenters. The average Bonchev–Trinajstić information content (AvgIpc) is 2.85. The van der Waals surface area contributed by atoms with Crippen LogP contribution in [-0.4, -0.2) is 31.6 Å². The smallest absolute Gasteiger partial charge is 0.251 e. The predicted octanol–water partition coefficient (Wildman–Crippen LogP) is 1.52. The Bertz CT molecular complexity index is 425. The molecule has 0 bridgehead atoms. The van der Waals surface area contributed by atoms with E-state index in [1.165, 1.54) is 0 Å². The first-order chi connectivity index (χ1) is 8.70. The Labute approximate surface area is 108 Å². The first-order valence-electron chi connectivity index (χ1n) is 6.57. The van der Waals surface area contributed by atoms with Crippen molar-refractivity contribution in [3.8, 4) is 0 Å². The summed E-state index contributed by atoms with van der Waals surface area (Å²) in [7, 11) is 0. The first-order valence-corrected chi connectivity index (χ1v) is 6.57. The third-order valence-electron chi connectivity index (χ3n) is 3.25. The average molecular weight is 247 g/mol. The highest BCUT2D eigenvalue weighted by molar-refractivity contribution is 5.94. The van der Waals surface area contributed by atoms with Gasteiger partial charge in [-0.1, -0.05) is 0 Å². The summed E-state index contributed by atoms with van der Waals surface area (Å²) in [6.07, 6.45) is 1.15. The Morgan fingerprint density at radius 2 is 2.33 bits per heavy atom. The number of anilines is 1. The van der Waals surface area contributed by atoms with Gasteiger partial charge in [-0.15, -0.1) is 0 Å². The monoisotopic (exact) mass is 247 g/mol. The van der Waals surface area contributed by atoms with Crippen LogP contribution < -0.4 is 16.0 Å². The summed E-state index contributed by atoms with van der Waals surface area (Å²) in [4.78, 5) is 11.7. The van der Waals surface area contributed by atoms with Crippen molar-refractivity contribution in [2.75, 3.05) is 25.0 Å². The number of hydrogen-bond donors (Lipinski definition) is 3. The van der Waals surface area contributed by atoms with E-state index < -0.39 is 0 Å². The van der Waals surface area contributed by atoms with E-state index in [1.807, 2.05) is 32.0 Å². The maximum atomic E-state index is 11.7. The normalized spacial score (nSPS) is 18.7. The molecular weight excluding hydrogens is 226 g/mol. The van der Waals surface area contributed by atoms with Crippen LogP contribution in [0.3, 0.4) is 0 Å². The Kier molecular flexibility index (Phi) is 4.20. The van der Waals surface area contributed by atoms with Crippen molar-refractivity contribution < 1.29 is 4.79 Å².